The smallest absolute Gasteiger partial charge is 0.211 e. The molecule has 0 spiro atoms. The monoisotopic (exact) mass is 379 g/mol. The molecule has 1 saturated carbocycles. The van der Waals surface area contributed by atoms with Gasteiger partial charge in [0.15, 0.2) is 0 Å². The number of rotatable bonds is 4. The average Bonchev–Trinajstić information content (AvgIpc) is 2.37. The maximum Gasteiger partial charge on any atom is 0.242 e. The van der Waals surface area contributed by atoms with Crippen molar-refractivity contribution in [2.75, 3.05) is 6.54 Å². The molecule has 0 aromatic heterocycles. The zero-order chi connectivity index (χ0) is 14.8. The van der Waals surface area contributed by atoms with E-state index in [1.54, 1.807) is 12.1 Å². The second-order valence-electron chi connectivity index (χ2n) is 5.45. The predicted octanol–water partition coefficient (Wildman–Crippen LogP) is 4.21. The van der Waals surface area contributed by atoms with Gasteiger partial charge in [0.1, 0.15) is 4.90 Å². The van der Waals surface area contributed by atoms with Crippen LogP contribution in [0, 0.1) is 11.8 Å². The second kappa shape index (κ2) is 6.77. The van der Waals surface area contributed by atoms with Crippen molar-refractivity contribution in [3.8, 4) is 0 Å². The fraction of sp³-hybridized carbons (Fsp3) is 0.571. The summed E-state index contributed by atoms with van der Waals surface area (Å²) < 4.78 is 28.1. The van der Waals surface area contributed by atoms with Gasteiger partial charge in [-0.2, -0.15) is 0 Å². The Hall–Kier alpha value is -0.100. The molecule has 1 aromatic rings. The van der Waals surface area contributed by atoms with E-state index >= 15 is 0 Å². The van der Waals surface area contributed by atoms with Gasteiger partial charge < -0.3 is 0 Å². The summed E-state index contributed by atoms with van der Waals surface area (Å²) in [6.07, 6.45) is 4.72. The van der Waals surface area contributed by atoms with Gasteiger partial charge in [0.05, 0.1) is 5.02 Å². The lowest BCUT2D eigenvalue weighted by Gasteiger charge is -2.28. The van der Waals surface area contributed by atoms with Gasteiger partial charge in [-0.1, -0.05) is 53.7 Å². The summed E-state index contributed by atoms with van der Waals surface area (Å²) in [5.41, 5.74) is 0. The van der Waals surface area contributed by atoms with E-state index < -0.39 is 10.0 Å². The highest BCUT2D eigenvalue weighted by atomic mass is 79.9. The van der Waals surface area contributed by atoms with Crippen molar-refractivity contribution in [3.63, 3.8) is 0 Å². The van der Waals surface area contributed by atoms with Crippen molar-refractivity contribution in [3.05, 3.63) is 27.7 Å². The summed E-state index contributed by atoms with van der Waals surface area (Å²) >= 11 is 9.29. The first-order chi connectivity index (χ1) is 9.40. The van der Waals surface area contributed by atoms with Crippen LogP contribution in [-0.4, -0.2) is 15.0 Å². The molecule has 1 fully saturated rings. The molecule has 1 aliphatic rings. The van der Waals surface area contributed by atoms with Gasteiger partial charge in [-0.15, -0.1) is 0 Å². The summed E-state index contributed by atoms with van der Waals surface area (Å²) in [4.78, 5) is 0.144. The van der Waals surface area contributed by atoms with E-state index in [4.69, 9.17) is 11.6 Å². The third-order valence-corrected chi connectivity index (χ3v) is 6.41. The standard InChI is InChI=1S/C14H19BrClNO2S/c1-10-4-2-3-5-11(10)9-17-20(18,19)14-7-6-12(15)8-13(14)16/h6-8,10-11,17H,2-5,9H2,1H3. The molecular formula is C14H19BrClNO2S. The van der Waals surface area contributed by atoms with Gasteiger partial charge in [0.25, 0.3) is 0 Å². The van der Waals surface area contributed by atoms with Crippen LogP contribution in [0.4, 0.5) is 0 Å². The number of halogens is 2. The highest BCUT2D eigenvalue weighted by Gasteiger charge is 2.24. The van der Waals surface area contributed by atoms with Crippen LogP contribution in [0.1, 0.15) is 32.6 Å². The fourth-order valence-corrected chi connectivity index (χ4v) is 4.81. The van der Waals surface area contributed by atoms with Crippen LogP contribution in [0.3, 0.4) is 0 Å². The summed E-state index contributed by atoms with van der Waals surface area (Å²) in [6, 6.07) is 4.81. The lowest BCUT2D eigenvalue weighted by atomic mass is 9.81. The quantitative estimate of drug-likeness (QED) is 0.850. The maximum atomic E-state index is 12.3. The van der Waals surface area contributed by atoms with E-state index in [0.717, 1.165) is 10.9 Å². The molecule has 0 aliphatic heterocycles. The Labute approximate surface area is 134 Å². The highest BCUT2D eigenvalue weighted by Crippen LogP contribution is 2.30. The summed E-state index contributed by atoms with van der Waals surface area (Å²) in [6.45, 7) is 2.70. The van der Waals surface area contributed by atoms with Gasteiger partial charge >= 0.3 is 0 Å². The Bertz CT molecular complexity index is 577. The van der Waals surface area contributed by atoms with E-state index in [1.807, 2.05) is 0 Å². The fourth-order valence-electron chi connectivity index (χ4n) is 2.68. The molecule has 112 valence electrons. The van der Waals surface area contributed by atoms with E-state index in [2.05, 4.69) is 27.6 Å². The van der Waals surface area contributed by atoms with Crippen molar-refractivity contribution in [1.29, 1.82) is 0 Å². The lowest BCUT2D eigenvalue weighted by Crippen LogP contribution is -2.33. The van der Waals surface area contributed by atoms with E-state index in [0.29, 0.717) is 18.4 Å². The molecule has 6 heteroatoms. The Kier molecular flexibility index (Phi) is 5.51. The van der Waals surface area contributed by atoms with Gasteiger partial charge in [-0.05, 0) is 36.5 Å². The molecule has 1 N–H and O–H groups in total. The third kappa shape index (κ3) is 3.97. The molecular weight excluding hydrogens is 362 g/mol. The Morgan fingerprint density at radius 3 is 2.70 bits per heavy atom. The molecule has 0 radical (unpaired) electrons. The number of benzene rings is 1. The van der Waals surface area contributed by atoms with Crippen LogP contribution in [-0.2, 0) is 10.0 Å². The van der Waals surface area contributed by atoms with Crippen molar-refractivity contribution in [1.82, 2.24) is 4.72 Å². The zero-order valence-corrected chi connectivity index (χ0v) is 14.6. The van der Waals surface area contributed by atoms with E-state index in [1.165, 1.54) is 25.3 Å². The molecule has 0 amide bonds. The predicted molar refractivity (Wildman–Crippen MR) is 85.5 cm³/mol. The topological polar surface area (TPSA) is 46.2 Å². The van der Waals surface area contributed by atoms with Gasteiger partial charge in [0, 0.05) is 11.0 Å². The minimum absolute atomic E-state index is 0.144. The second-order valence-corrected chi connectivity index (χ2v) is 8.51. The van der Waals surface area contributed by atoms with Crippen molar-refractivity contribution in [2.45, 2.75) is 37.5 Å². The average molecular weight is 381 g/mol. The van der Waals surface area contributed by atoms with Crippen LogP contribution in [0.25, 0.3) is 0 Å². The molecule has 1 aliphatic carbocycles. The van der Waals surface area contributed by atoms with Crippen LogP contribution in [0.5, 0.6) is 0 Å². The van der Waals surface area contributed by atoms with Crippen molar-refractivity contribution >= 4 is 37.6 Å². The zero-order valence-electron chi connectivity index (χ0n) is 11.4. The van der Waals surface area contributed by atoms with Gasteiger partial charge in [-0.25, -0.2) is 13.1 Å². The summed E-state index contributed by atoms with van der Waals surface area (Å²) in [5.74, 6) is 1.000. The SMILES string of the molecule is CC1CCCCC1CNS(=O)(=O)c1ccc(Br)cc1Cl. The molecule has 0 bridgehead atoms. The van der Waals surface area contributed by atoms with E-state index in [9.17, 15) is 8.42 Å². The van der Waals surface area contributed by atoms with Crippen molar-refractivity contribution in [2.24, 2.45) is 11.8 Å². The number of hydrogen-bond acceptors (Lipinski definition) is 2. The van der Waals surface area contributed by atoms with Crippen LogP contribution in [0.2, 0.25) is 5.02 Å². The largest absolute Gasteiger partial charge is 0.242 e. The van der Waals surface area contributed by atoms with Crippen LogP contribution >= 0.6 is 27.5 Å². The van der Waals surface area contributed by atoms with E-state index in [-0.39, 0.29) is 9.92 Å². The number of hydrogen-bond donors (Lipinski definition) is 1. The van der Waals surface area contributed by atoms with Crippen molar-refractivity contribution < 1.29 is 8.42 Å². The highest BCUT2D eigenvalue weighted by molar-refractivity contribution is 9.10. The van der Waals surface area contributed by atoms with Crippen LogP contribution in [0.15, 0.2) is 27.6 Å². The Morgan fingerprint density at radius 1 is 1.35 bits per heavy atom. The molecule has 2 atom stereocenters. The summed E-state index contributed by atoms with van der Waals surface area (Å²) in [7, 11) is -3.53. The molecule has 2 rings (SSSR count). The minimum Gasteiger partial charge on any atom is -0.211 e. The normalized spacial score (nSPS) is 23.8. The number of sulfonamides is 1. The lowest BCUT2D eigenvalue weighted by molar-refractivity contribution is 0.257. The molecule has 2 unspecified atom stereocenters. The van der Waals surface area contributed by atoms with Gasteiger partial charge in [-0.3, -0.25) is 0 Å². The molecule has 20 heavy (non-hydrogen) atoms. The first kappa shape index (κ1) is 16.3. The molecule has 0 heterocycles. The molecule has 0 saturated heterocycles. The third-order valence-electron chi connectivity index (χ3n) is 4.01. The van der Waals surface area contributed by atoms with Gasteiger partial charge in [0.2, 0.25) is 10.0 Å². The number of nitrogens with one attached hydrogen (secondary N) is 1. The van der Waals surface area contributed by atoms with Crippen LogP contribution < -0.4 is 4.72 Å². The Morgan fingerprint density at radius 2 is 2.05 bits per heavy atom. The Balaban J connectivity index is 2.07. The maximum absolute atomic E-state index is 12.3. The minimum atomic E-state index is -3.53. The first-order valence-electron chi connectivity index (χ1n) is 6.85. The molecule has 3 nitrogen and oxygen atoms in total. The summed E-state index contributed by atoms with van der Waals surface area (Å²) in [5, 5.41) is 0.239. The first-order valence-corrected chi connectivity index (χ1v) is 9.50. The molecule has 1 aromatic carbocycles.